The van der Waals surface area contributed by atoms with E-state index in [1.54, 1.807) is 16.0 Å². The van der Waals surface area contributed by atoms with Crippen LogP contribution in [0, 0.1) is 0 Å². The van der Waals surface area contributed by atoms with Crippen molar-refractivity contribution in [2.75, 3.05) is 5.32 Å². The average Bonchev–Trinajstić information content (AvgIpc) is 3.53. The molecule has 7 heteroatoms. The molecule has 6 nitrogen and oxygen atoms in total. The summed E-state index contributed by atoms with van der Waals surface area (Å²) in [7, 11) is 1.91. The molecule has 0 aliphatic heterocycles. The Labute approximate surface area is 191 Å². The van der Waals surface area contributed by atoms with Crippen molar-refractivity contribution in [2.45, 2.75) is 32.4 Å². The van der Waals surface area contributed by atoms with Gasteiger partial charge < -0.3 is 9.88 Å². The molecule has 0 amide bonds. The minimum absolute atomic E-state index is 0.276. The van der Waals surface area contributed by atoms with Gasteiger partial charge in [0.15, 0.2) is 5.13 Å². The Balaban J connectivity index is 1.33. The van der Waals surface area contributed by atoms with Crippen LogP contribution in [0.3, 0.4) is 0 Å². The van der Waals surface area contributed by atoms with Crippen molar-refractivity contribution in [3.8, 4) is 11.3 Å². The number of fused-ring (bicyclic) bond motifs is 1. The van der Waals surface area contributed by atoms with E-state index in [-0.39, 0.29) is 6.04 Å². The Kier molecular flexibility index (Phi) is 5.73. The smallest absolute Gasteiger partial charge is 0.184 e. The van der Waals surface area contributed by atoms with Crippen LogP contribution in [0.15, 0.2) is 73.4 Å². The number of rotatable bonds is 8. The first kappa shape index (κ1) is 20.5. The SMILES string of the molecule is CCC[C@H](Nc1nc2ccc(Cn3cnc(-c4cnn(C)c4)c3)cc2s1)c1ccccc1. The van der Waals surface area contributed by atoms with Gasteiger partial charge in [0.2, 0.25) is 0 Å². The molecule has 0 spiro atoms. The maximum Gasteiger partial charge on any atom is 0.184 e. The summed E-state index contributed by atoms with van der Waals surface area (Å²) in [4.78, 5) is 9.36. The van der Waals surface area contributed by atoms with E-state index in [1.807, 2.05) is 25.8 Å². The van der Waals surface area contributed by atoms with E-state index in [0.29, 0.717) is 0 Å². The lowest BCUT2D eigenvalue weighted by Gasteiger charge is -2.17. The monoisotopic (exact) mass is 442 g/mol. The van der Waals surface area contributed by atoms with Crippen molar-refractivity contribution >= 4 is 26.7 Å². The summed E-state index contributed by atoms with van der Waals surface area (Å²) in [5.41, 5.74) is 5.53. The number of aryl methyl sites for hydroxylation is 1. The number of benzene rings is 2. The number of nitrogens with one attached hydrogen (secondary N) is 1. The van der Waals surface area contributed by atoms with Crippen LogP contribution in [0.1, 0.15) is 36.9 Å². The molecule has 0 radical (unpaired) electrons. The van der Waals surface area contributed by atoms with Gasteiger partial charge in [-0.1, -0.05) is 61.1 Å². The highest BCUT2D eigenvalue weighted by atomic mass is 32.1. The largest absolute Gasteiger partial charge is 0.355 e. The molecule has 1 N–H and O–H groups in total. The van der Waals surface area contributed by atoms with Gasteiger partial charge in [0.1, 0.15) is 0 Å². The lowest BCUT2D eigenvalue weighted by molar-refractivity contribution is 0.677. The number of hydrogen-bond donors (Lipinski definition) is 1. The van der Waals surface area contributed by atoms with Crippen LogP contribution < -0.4 is 5.32 Å². The topological polar surface area (TPSA) is 60.6 Å². The molecule has 5 aromatic rings. The Morgan fingerprint density at radius 1 is 1.09 bits per heavy atom. The predicted octanol–water partition coefficient (Wildman–Crippen LogP) is 5.89. The summed E-state index contributed by atoms with van der Waals surface area (Å²) >= 11 is 1.72. The maximum atomic E-state index is 4.83. The minimum Gasteiger partial charge on any atom is -0.355 e. The van der Waals surface area contributed by atoms with Crippen molar-refractivity contribution < 1.29 is 0 Å². The normalized spacial score (nSPS) is 12.3. The van der Waals surface area contributed by atoms with Crippen LogP contribution in [0.5, 0.6) is 0 Å². The van der Waals surface area contributed by atoms with Crippen molar-refractivity contribution in [3.05, 3.63) is 84.6 Å². The highest BCUT2D eigenvalue weighted by molar-refractivity contribution is 7.22. The molecule has 3 aromatic heterocycles. The maximum absolute atomic E-state index is 4.83. The number of aromatic nitrogens is 5. The molecule has 0 aliphatic carbocycles. The van der Waals surface area contributed by atoms with Crippen molar-refractivity contribution in [2.24, 2.45) is 7.05 Å². The number of thiazole rings is 1. The van der Waals surface area contributed by atoms with Gasteiger partial charge in [-0.15, -0.1) is 0 Å². The first-order valence-electron chi connectivity index (χ1n) is 10.9. The second-order valence-corrected chi connectivity index (χ2v) is 9.08. The molecule has 0 bridgehead atoms. The summed E-state index contributed by atoms with van der Waals surface area (Å²) in [6.45, 7) is 2.99. The van der Waals surface area contributed by atoms with E-state index in [4.69, 9.17) is 4.98 Å². The number of anilines is 1. The quantitative estimate of drug-likeness (QED) is 0.325. The van der Waals surface area contributed by atoms with E-state index >= 15 is 0 Å². The lowest BCUT2D eigenvalue weighted by atomic mass is 10.0. The number of nitrogens with zero attached hydrogens (tertiary/aromatic N) is 5. The Hall–Kier alpha value is -3.45. The molecule has 32 heavy (non-hydrogen) atoms. The van der Waals surface area contributed by atoms with E-state index in [2.05, 4.69) is 81.6 Å². The second-order valence-electron chi connectivity index (χ2n) is 8.05. The summed E-state index contributed by atoms with van der Waals surface area (Å²) in [6.07, 6.45) is 9.95. The van der Waals surface area contributed by atoms with Gasteiger partial charge >= 0.3 is 0 Å². The van der Waals surface area contributed by atoms with E-state index in [9.17, 15) is 0 Å². The van der Waals surface area contributed by atoms with Gasteiger partial charge in [0, 0.05) is 31.5 Å². The molecule has 5 rings (SSSR count). The van der Waals surface area contributed by atoms with Crippen LogP contribution in [-0.2, 0) is 13.6 Å². The molecular formula is C25H26N6S. The third-order valence-electron chi connectivity index (χ3n) is 5.53. The third-order valence-corrected chi connectivity index (χ3v) is 6.48. The molecule has 1 atom stereocenters. The van der Waals surface area contributed by atoms with Gasteiger partial charge in [-0.3, -0.25) is 4.68 Å². The van der Waals surface area contributed by atoms with Crippen molar-refractivity contribution in [1.29, 1.82) is 0 Å². The molecule has 162 valence electrons. The Morgan fingerprint density at radius 2 is 1.97 bits per heavy atom. The van der Waals surface area contributed by atoms with Crippen LogP contribution in [0.4, 0.5) is 5.13 Å². The summed E-state index contributed by atoms with van der Waals surface area (Å²) < 4.78 is 5.10. The summed E-state index contributed by atoms with van der Waals surface area (Å²) in [6, 6.07) is 17.4. The van der Waals surface area contributed by atoms with Gasteiger partial charge in [-0.05, 0) is 29.7 Å². The van der Waals surface area contributed by atoms with E-state index in [0.717, 1.165) is 41.3 Å². The highest BCUT2D eigenvalue weighted by Crippen LogP contribution is 2.31. The zero-order valence-corrected chi connectivity index (χ0v) is 19.1. The highest BCUT2D eigenvalue weighted by Gasteiger charge is 2.13. The van der Waals surface area contributed by atoms with E-state index in [1.165, 1.54) is 15.8 Å². The second kappa shape index (κ2) is 8.96. The molecule has 0 saturated heterocycles. The first-order chi connectivity index (χ1) is 15.7. The molecule has 0 saturated carbocycles. The number of hydrogen-bond acceptors (Lipinski definition) is 5. The minimum atomic E-state index is 0.276. The molecular weight excluding hydrogens is 416 g/mol. The average molecular weight is 443 g/mol. The fourth-order valence-corrected chi connectivity index (χ4v) is 4.92. The van der Waals surface area contributed by atoms with Gasteiger partial charge in [0.25, 0.3) is 0 Å². The van der Waals surface area contributed by atoms with Crippen molar-refractivity contribution in [1.82, 2.24) is 24.3 Å². The van der Waals surface area contributed by atoms with Gasteiger partial charge in [-0.25, -0.2) is 9.97 Å². The summed E-state index contributed by atoms with van der Waals surface area (Å²) in [5, 5.41) is 8.87. The van der Waals surface area contributed by atoms with E-state index < -0.39 is 0 Å². The standard InChI is InChI=1S/C25H26N6S/c1-3-7-21(19-8-5-4-6-9-19)28-25-29-22-11-10-18(12-24(22)32-25)14-31-16-23(26-17-31)20-13-27-30(2)15-20/h4-6,8-13,15-17,21H,3,7,14H2,1-2H3,(H,28,29)/t21-/m0/s1. The summed E-state index contributed by atoms with van der Waals surface area (Å²) in [5.74, 6) is 0. The predicted molar refractivity (Wildman–Crippen MR) is 131 cm³/mol. The molecule has 0 unspecified atom stereocenters. The molecule has 3 heterocycles. The fraction of sp³-hybridized carbons (Fsp3) is 0.240. The lowest BCUT2D eigenvalue weighted by Crippen LogP contribution is -2.10. The molecule has 0 fully saturated rings. The first-order valence-corrected chi connectivity index (χ1v) is 11.7. The Bertz CT molecular complexity index is 1320. The molecule has 0 aliphatic rings. The van der Waals surface area contributed by atoms with Crippen LogP contribution in [-0.4, -0.2) is 24.3 Å². The van der Waals surface area contributed by atoms with Crippen LogP contribution >= 0.6 is 11.3 Å². The zero-order valence-electron chi connectivity index (χ0n) is 18.3. The molecule has 2 aromatic carbocycles. The van der Waals surface area contributed by atoms with Crippen LogP contribution in [0.25, 0.3) is 21.5 Å². The zero-order chi connectivity index (χ0) is 21.9. The van der Waals surface area contributed by atoms with Gasteiger partial charge in [0.05, 0.1) is 34.5 Å². The number of imidazole rings is 1. The third kappa shape index (κ3) is 4.43. The van der Waals surface area contributed by atoms with Crippen LogP contribution in [0.2, 0.25) is 0 Å². The fourth-order valence-electron chi connectivity index (χ4n) is 3.93. The van der Waals surface area contributed by atoms with Gasteiger partial charge in [-0.2, -0.15) is 5.10 Å². The Morgan fingerprint density at radius 3 is 2.75 bits per heavy atom. The van der Waals surface area contributed by atoms with Crippen molar-refractivity contribution in [3.63, 3.8) is 0 Å².